The van der Waals surface area contributed by atoms with Crippen LogP contribution in [0.5, 0.6) is 5.75 Å². The molecule has 0 spiro atoms. The second-order valence-electron chi connectivity index (χ2n) is 4.93. The maximum atomic E-state index is 12.1. The monoisotopic (exact) mass is 315 g/mol. The molecule has 0 unspecified atom stereocenters. The Morgan fingerprint density at radius 3 is 2.73 bits per heavy atom. The van der Waals surface area contributed by atoms with Gasteiger partial charge in [0.1, 0.15) is 5.75 Å². The van der Waals surface area contributed by atoms with E-state index in [-0.39, 0.29) is 5.91 Å². The minimum atomic E-state index is -0.0669. The van der Waals surface area contributed by atoms with Gasteiger partial charge in [0.05, 0.1) is 7.11 Å². The summed E-state index contributed by atoms with van der Waals surface area (Å²) in [6.07, 6.45) is 3.31. The average Bonchev–Trinajstić information content (AvgIpc) is 2.52. The van der Waals surface area contributed by atoms with Crippen molar-refractivity contribution in [3.63, 3.8) is 0 Å². The summed E-state index contributed by atoms with van der Waals surface area (Å²) >= 11 is 5.92. The van der Waals surface area contributed by atoms with E-state index in [4.69, 9.17) is 16.3 Å². The Morgan fingerprint density at radius 2 is 2.00 bits per heavy atom. The number of carbonyl (C=O) groups excluding carboxylic acids is 1. The van der Waals surface area contributed by atoms with Gasteiger partial charge in [0, 0.05) is 24.7 Å². The van der Waals surface area contributed by atoms with Crippen LogP contribution < -0.4 is 4.74 Å². The number of methoxy groups -OCH3 is 1. The first-order valence-electron chi connectivity index (χ1n) is 6.90. The van der Waals surface area contributed by atoms with E-state index in [0.717, 1.165) is 16.9 Å². The zero-order valence-electron chi connectivity index (χ0n) is 12.6. The van der Waals surface area contributed by atoms with Crippen LogP contribution in [0.4, 0.5) is 0 Å². The van der Waals surface area contributed by atoms with Crippen molar-refractivity contribution in [1.29, 1.82) is 0 Å². The molecule has 4 heteroatoms. The summed E-state index contributed by atoms with van der Waals surface area (Å²) < 4.78 is 5.18. The first-order valence-corrected chi connectivity index (χ1v) is 7.28. The molecule has 0 aliphatic heterocycles. The molecular formula is C18H18ClNO2. The third-order valence-electron chi connectivity index (χ3n) is 3.20. The highest BCUT2D eigenvalue weighted by atomic mass is 35.5. The fourth-order valence-electron chi connectivity index (χ4n) is 2.03. The normalized spacial score (nSPS) is 10.7. The third kappa shape index (κ3) is 4.64. The van der Waals surface area contributed by atoms with Gasteiger partial charge in [0.25, 0.3) is 0 Å². The average molecular weight is 316 g/mol. The van der Waals surface area contributed by atoms with Gasteiger partial charge in [-0.05, 0) is 41.5 Å². The van der Waals surface area contributed by atoms with E-state index in [1.807, 2.05) is 42.5 Å². The van der Waals surface area contributed by atoms with Crippen LogP contribution in [0.3, 0.4) is 0 Å². The molecule has 2 aromatic carbocycles. The van der Waals surface area contributed by atoms with Crippen LogP contribution in [0.25, 0.3) is 6.08 Å². The highest BCUT2D eigenvalue weighted by Crippen LogP contribution is 2.15. The zero-order valence-corrected chi connectivity index (χ0v) is 13.4. The molecule has 0 fully saturated rings. The summed E-state index contributed by atoms with van der Waals surface area (Å²) in [6, 6.07) is 15.0. The van der Waals surface area contributed by atoms with Gasteiger partial charge in [0.15, 0.2) is 0 Å². The third-order valence-corrected chi connectivity index (χ3v) is 3.43. The molecule has 0 saturated carbocycles. The molecule has 3 nitrogen and oxygen atoms in total. The second kappa shape index (κ2) is 7.66. The Hall–Kier alpha value is -2.26. The van der Waals surface area contributed by atoms with Gasteiger partial charge in [-0.3, -0.25) is 4.79 Å². The fraction of sp³-hybridized carbons (Fsp3) is 0.167. The molecule has 0 aromatic heterocycles. The summed E-state index contributed by atoms with van der Waals surface area (Å²) in [6.45, 7) is 0.524. The van der Waals surface area contributed by atoms with E-state index in [2.05, 4.69) is 0 Å². The van der Waals surface area contributed by atoms with Crippen LogP contribution in [0.2, 0.25) is 5.02 Å². The van der Waals surface area contributed by atoms with Gasteiger partial charge in [0.2, 0.25) is 5.91 Å². The van der Waals surface area contributed by atoms with Crippen molar-refractivity contribution in [2.45, 2.75) is 6.54 Å². The highest BCUT2D eigenvalue weighted by Gasteiger charge is 2.06. The Kier molecular flexibility index (Phi) is 5.61. The van der Waals surface area contributed by atoms with E-state index >= 15 is 0 Å². The Labute approximate surface area is 135 Å². The van der Waals surface area contributed by atoms with E-state index in [1.54, 1.807) is 37.3 Å². The van der Waals surface area contributed by atoms with Crippen LogP contribution in [-0.2, 0) is 11.3 Å². The standard InChI is InChI=1S/C18H18ClNO2/c1-20(13-15-6-4-8-17(12-15)22-2)18(21)10-9-14-5-3-7-16(19)11-14/h3-12H,13H2,1-2H3. The summed E-state index contributed by atoms with van der Waals surface area (Å²) in [4.78, 5) is 13.8. The molecule has 0 radical (unpaired) electrons. The Bertz CT molecular complexity index is 682. The summed E-state index contributed by atoms with van der Waals surface area (Å²) in [5.41, 5.74) is 1.92. The SMILES string of the molecule is COc1cccc(CN(C)C(=O)C=Cc2cccc(Cl)c2)c1. The van der Waals surface area contributed by atoms with Crippen molar-refractivity contribution in [3.05, 3.63) is 70.8 Å². The minimum absolute atomic E-state index is 0.0669. The van der Waals surface area contributed by atoms with Gasteiger partial charge >= 0.3 is 0 Å². The van der Waals surface area contributed by atoms with Crippen LogP contribution in [0.15, 0.2) is 54.6 Å². The smallest absolute Gasteiger partial charge is 0.246 e. The quantitative estimate of drug-likeness (QED) is 0.780. The number of nitrogens with zero attached hydrogens (tertiary/aromatic N) is 1. The topological polar surface area (TPSA) is 29.5 Å². The van der Waals surface area contributed by atoms with Crippen molar-refractivity contribution in [2.75, 3.05) is 14.2 Å². The molecule has 0 aliphatic rings. The molecule has 1 amide bonds. The predicted molar refractivity (Wildman–Crippen MR) is 90.0 cm³/mol. The number of rotatable bonds is 5. The number of likely N-dealkylation sites (N-methyl/N-ethyl adjacent to an activating group) is 1. The zero-order chi connectivity index (χ0) is 15.9. The lowest BCUT2D eigenvalue weighted by atomic mass is 10.2. The van der Waals surface area contributed by atoms with Crippen LogP contribution >= 0.6 is 11.6 Å². The van der Waals surface area contributed by atoms with Crippen molar-refractivity contribution in [1.82, 2.24) is 4.90 Å². The molecule has 0 N–H and O–H groups in total. The first kappa shape index (κ1) is 16.1. The van der Waals surface area contributed by atoms with E-state index in [0.29, 0.717) is 11.6 Å². The molecule has 22 heavy (non-hydrogen) atoms. The number of hydrogen-bond acceptors (Lipinski definition) is 2. The molecule has 0 bridgehead atoms. The maximum absolute atomic E-state index is 12.1. The van der Waals surface area contributed by atoms with Gasteiger partial charge in [-0.2, -0.15) is 0 Å². The Morgan fingerprint density at radius 1 is 1.23 bits per heavy atom. The molecule has 0 saturated heterocycles. The molecule has 0 atom stereocenters. The summed E-state index contributed by atoms with van der Waals surface area (Å²) in [7, 11) is 3.39. The van der Waals surface area contributed by atoms with E-state index in [1.165, 1.54) is 0 Å². The van der Waals surface area contributed by atoms with E-state index < -0.39 is 0 Å². The van der Waals surface area contributed by atoms with Crippen molar-refractivity contribution >= 4 is 23.6 Å². The number of halogens is 1. The highest BCUT2D eigenvalue weighted by molar-refractivity contribution is 6.30. The molecule has 2 aromatic rings. The largest absolute Gasteiger partial charge is 0.497 e. The minimum Gasteiger partial charge on any atom is -0.497 e. The van der Waals surface area contributed by atoms with Gasteiger partial charge in [-0.15, -0.1) is 0 Å². The van der Waals surface area contributed by atoms with Crippen molar-refractivity contribution in [2.24, 2.45) is 0 Å². The molecular weight excluding hydrogens is 298 g/mol. The number of ether oxygens (including phenoxy) is 1. The molecule has 114 valence electrons. The number of hydrogen-bond donors (Lipinski definition) is 0. The van der Waals surface area contributed by atoms with Crippen LogP contribution in [-0.4, -0.2) is 25.0 Å². The maximum Gasteiger partial charge on any atom is 0.246 e. The lowest BCUT2D eigenvalue weighted by Crippen LogP contribution is -2.24. The van der Waals surface area contributed by atoms with Crippen molar-refractivity contribution in [3.8, 4) is 5.75 Å². The van der Waals surface area contributed by atoms with Gasteiger partial charge < -0.3 is 9.64 Å². The van der Waals surface area contributed by atoms with Gasteiger partial charge in [-0.25, -0.2) is 0 Å². The van der Waals surface area contributed by atoms with Crippen LogP contribution in [0.1, 0.15) is 11.1 Å². The second-order valence-corrected chi connectivity index (χ2v) is 5.37. The summed E-state index contributed by atoms with van der Waals surface area (Å²) in [5.74, 6) is 0.718. The first-order chi connectivity index (χ1) is 10.6. The van der Waals surface area contributed by atoms with E-state index in [9.17, 15) is 4.79 Å². The van der Waals surface area contributed by atoms with Crippen molar-refractivity contribution < 1.29 is 9.53 Å². The van der Waals surface area contributed by atoms with Gasteiger partial charge in [-0.1, -0.05) is 35.9 Å². The summed E-state index contributed by atoms with van der Waals surface area (Å²) in [5, 5.41) is 0.652. The molecule has 0 aliphatic carbocycles. The predicted octanol–water partition coefficient (Wildman–Crippen LogP) is 4.02. The Balaban J connectivity index is 1.99. The molecule has 2 rings (SSSR count). The number of amides is 1. The lowest BCUT2D eigenvalue weighted by molar-refractivity contribution is -0.125. The number of benzene rings is 2. The lowest BCUT2D eigenvalue weighted by Gasteiger charge is -2.15. The molecule has 0 heterocycles. The fourth-order valence-corrected chi connectivity index (χ4v) is 2.23. The number of carbonyl (C=O) groups is 1. The van der Waals surface area contributed by atoms with Crippen LogP contribution in [0, 0.1) is 0 Å².